The van der Waals surface area contributed by atoms with E-state index in [9.17, 15) is 9.59 Å². The predicted molar refractivity (Wildman–Crippen MR) is 155 cm³/mol. The fourth-order valence-corrected chi connectivity index (χ4v) is 6.01. The van der Waals surface area contributed by atoms with E-state index in [1.165, 1.54) is 0 Å². The molecule has 6 rings (SSSR count). The highest BCUT2D eigenvalue weighted by Crippen LogP contribution is 2.53. The Morgan fingerprint density at radius 1 is 0.902 bits per heavy atom. The highest BCUT2D eigenvalue weighted by atomic mass is 16.5. The fraction of sp³-hybridized carbons (Fsp3) is 0.273. The second-order valence-corrected chi connectivity index (χ2v) is 10.5. The molecule has 8 heteroatoms. The number of aryl methyl sites for hydroxylation is 3. The zero-order chi connectivity index (χ0) is 28.7. The number of β-lactam (4-membered cyclic amide) rings is 1. The van der Waals surface area contributed by atoms with Gasteiger partial charge in [0.2, 0.25) is 12.0 Å². The lowest BCUT2D eigenvalue weighted by molar-refractivity contribution is -0.178. The zero-order valence-electron chi connectivity index (χ0n) is 23.6. The lowest BCUT2D eigenvalue weighted by Crippen LogP contribution is -2.74. The molecule has 1 saturated heterocycles. The summed E-state index contributed by atoms with van der Waals surface area (Å²) in [5.41, 5.74) is 4.97. The molecule has 0 N–H and O–H groups in total. The van der Waals surface area contributed by atoms with E-state index in [2.05, 4.69) is 29.0 Å². The third-order valence-corrected chi connectivity index (χ3v) is 7.96. The van der Waals surface area contributed by atoms with Crippen LogP contribution in [0.4, 0.5) is 5.69 Å². The van der Waals surface area contributed by atoms with E-state index in [-0.39, 0.29) is 24.4 Å². The number of aromatic nitrogens is 2. The molecule has 0 saturated carbocycles. The Labute approximate surface area is 239 Å². The molecule has 2 amide bonds. The standard InChI is InChI=1S/C33H32N4O4/c1-5-23-9-8-10-25(18-23)33-27-11-6-7-12-28(27)36(19-24-13-15-26(40-4)16-14-24)29(38)20-37(33)31(39)30(33)41-32-34-21(2)17-22(3)35-32/h6-18,30H,5,19-20H2,1-4H3/t30-,33-/m1/s1. The van der Waals surface area contributed by atoms with Gasteiger partial charge >= 0.3 is 6.01 Å². The Bertz CT molecular complexity index is 1620. The van der Waals surface area contributed by atoms with E-state index in [4.69, 9.17) is 9.47 Å². The van der Waals surface area contributed by atoms with Crippen LogP contribution in [0.5, 0.6) is 11.8 Å². The molecule has 0 spiro atoms. The molecule has 0 bridgehead atoms. The normalized spacial score (nSPS) is 19.7. The number of methoxy groups -OCH3 is 1. The van der Waals surface area contributed by atoms with Crippen LogP contribution in [0, 0.1) is 13.8 Å². The Morgan fingerprint density at radius 2 is 1.63 bits per heavy atom. The van der Waals surface area contributed by atoms with Gasteiger partial charge < -0.3 is 19.3 Å². The summed E-state index contributed by atoms with van der Waals surface area (Å²) in [6.45, 7) is 6.09. The summed E-state index contributed by atoms with van der Waals surface area (Å²) in [5, 5.41) is 0. The molecule has 2 aliphatic heterocycles. The molecule has 4 aromatic rings. The number of nitrogens with zero attached hydrogens (tertiary/aromatic N) is 4. The first-order valence-electron chi connectivity index (χ1n) is 13.8. The third kappa shape index (κ3) is 4.40. The van der Waals surface area contributed by atoms with E-state index < -0.39 is 11.6 Å². The van der Waals surface area contributed by atoms with Crippen LogP contribution in [-0.4, -0.2) is 46.4 Å². The summed E-state index contributed by atoms with van der Waals surface area (Å²) < 4.78 is 11.7. The topological polar surface area (TPSA) is 84.9 Å². The Hall–Kier alpha value is -4.72. The van der Waals surface area contributed by atoms with Gasteiger partial charge in [0.1, 0.15) is 17.8 Å². The predicted octanol–water partition coefficient (Wildman–Crippen LogP) is 4.74. The van der Waals surface area contributed by atoms with Crippen LogP contribution in [-0.2, 0) is 28.1 Å². The Balaban J connectivity index is 1.53. The number of rotatable bonds is 7. The monoisotopic (exact) mass is 548 g/mol. The second kappa shape index (κ2) is 10.4. The summed E-state index contributed by atoms with van der Waals surface area (Å²) in [6.07, 6.45) is -0.126. The van der Waals surface area contributed by atoms with Crippen molar-refractivity contribution in [2.24, 2.45) is 0 Å². The highest BCUT2D eigenvalue weighted by molar-refractivity contribution is 6.04. The maximum absolute atomic E-state index is 13.9. The van der Waals surface area contributed by atoms with Crippen molar-refractivity contribution in [3.8, 4) is 11.8 Å². The van der Waals surface area contributed by atoms with Crippen LogP contribution >= 0.6 is 0 Å². The molecule has 0 radical (unpaired) electrons. The van der Waals surface area contributed by atoms with Gasteiger partial charge in [-0.1, -0.05) is 61.5 Å². The summed E-state index contributed by atoms with van der Waals surface area (Å²) >= 11 is 0. The van der Waals surface area contributed by atoms with Gasteiger partial charge in [-0.15, -0.1) is 0 Å². The molecule has 41 heavy (non-hydrogen) atoms. The van der Waals surface area contributed by atoms with E-state index in [1.54, 1.807) is 16.9 Å². The molecular weight excluding hydrogens is 516 g/mol. The number of amides is 2. The molecule has 208 valence electrons. The minimum atomic E-state index is -1.05. The molecule has 2 atom stereocenters. The van der Waals surface area contributed by atoms with Crippen molar-refractivity contribution in [1.82, 2.24) is 14.9 Å². The van der Waals surface area contributed by atoms with Gasteiger partial charge in [0.25, 0.3) is 5.91 Å². The largest absolute Gasteiger partial charge is 0.497 e. The van der Waals surface area contributed by atoms with E-state index in [0.717, 1.165) is 51.5 Å². The molecule has 1 aromatic heterocycles. The van der Waals surface area contributed by atoms with Crippen molar-refractivity contribution in [3.05, 3.63) is 113 Å². The molecule has 1 fully saturated rings. The number of hydrogen-bond donors (Lipinski definition) is 0. The quantitative estimate of drug-likeness (QED) is 0.310. The Morgan fingerprint density at radius 3 is 2.34 bits per heavy atom. The molecule has 3 heterocycles. The molecule has 3 aromatic carbocycles. The maximum Gasteiger partial charge on any atom is 0.317 e. The van der Waals surface area contributed by atoms with E-state index in [0.29, 0.717) is 6.54 Å². The number of carbonyl (C=O) groups is 2. The number of fused-ring (bicyclic) bond motifs is 3. The summed E-state index contributed by atoms with van der Waals surface area (Å²) in [6, 6.07) is 25.6. The third-order valence-electron chi connectivity index (χ3n) is 7.96. The molecule has 0 aliphatic carbocycles. The van der Waals surface area contributed by atoms with Crippen molar-refractivity contribution >= 4 is 17.5 Å². The zero-order valence-corrected chi connectivity index (χ0v) is 23.6. The van der Waals surface area contributed by atoms with Gasteiger partial charge in [0.15, 0.2) is 0 Å². The van der Waals surface area contributed by atoms with Gasteiger partial charge in [0.05, 0.1) is 19.3 Å². The van der Waals surface area contributed by atoms with Gasteiger partial charge in [-0.3, -0.25) is 9.59 Å². The number of para-hydroxylation sites is 1. The van der Waals surface area contributed by atoms with Crippen molar-refractivity contribution in [2.45, 2.75) is 45.4 Å². The van der Waals surface area contributed by atoms with Crippen LogP contribution in [0.25, 0.3) is 0 Å². The summed E-state index contributed by atoms with van der Waals surface area (Å²) in [7, 11) is 1.62. The highest BCUT2D eigenvalue weighted by Gasteiger charge is 2.67. The van der Waals surface area contributed by atoms with Crippen molar-refractivity contribution in [1.29, 1.82) is 0 Å². The van der Waals surface area contributed by atoms with E-state index in [1.807, 2.05) is 80.6 Å². The van der Waals surface area contributed by atoms with Gasteiger partial charge in [0, 0.05) is 17.0 Å². The van der Waals surface area contributed by atoms with Crippen LogP contribution in [0.1, 0.15) is 40.6 Å². The van der Waals surface area contributed by atoms with Crippen LogP contribution < -0.4 is 14.4 Å². The number of ether oxygens (including phenoxy) is 2. The first-order chi connectivity index (χ1) is 19.8. The van der Waals surface area contributed by atoms with Crippen molar-refractivity contribution < 1.29 is 19.1 Å². The van der Waals surface area contributed by atoms with Crippen LogP contribution in [0.15, 0.2) is 78.9 Å². The van der Waals surface area contributed by atoms with Gasteiger partial charge in [-0.25, -0.2) is 9.97 Å². The average molecular weight is 549 g/mol. The molecule has 0 unspecified atom stereocenters. The first kappa shape index (κ1) is 26.5. The Kier molecular flexibility index (Phi) is 6.69. The number of benzene rings is 3. The lowest BCUT2D eigenvalue weighted by atomic mass is 9.69. The number of hydrogen-bond acceptors (Lipinski definition) is 6. The SMILES string of the molecule is CCc1cccc([C@]23c4ccccc4N(Cc4ccc(OC)cc4)C(=O)CN2C(=O)[C@H]3Oc2nc(C)cc(C)n2)c1. The summed E-state index contributed by atoms with van der Waals surface area (Å²) in [4.78, 5) is 40.2. The van der Waals surface area contributed by atoms with E-state index >= 15 is 0 Å². The van der Waals surface area contributed by atoms with Gasteiger partial charge in [-0.05, 0) is 61.2 Å². The first-order valence-corrected chi connectivity index (χ1v) is 13.8. The number of anilines is 1. The number of carbonyl (C=O) groups excluding carboxylic acids is 2. The maximum atomic E-state index is 13.9. The second-order valence-electron chi connectivity index (χ2n) is 10.5. The summed E-state index contributed by atoms with van der Waals surface area (Å²) in [5.74, 6) is 0.301. The molecule has 2 aliphatic rings. The van der Waals surface area contributed by atoms with Gasteiger partial charge in [-0.2, -0.15) is 0 Å². The van der Waals surface area contributed by atoms with Crippen molar-refractivity contribution in [2.75, 3.05) is 18.6 Å². The molecular formula is C33H32N4O4. The minimum Gasteiger partial charge on any atom is -0.497 e. The average Bonchev–Trinajstić information content (AvgIpc) is 3.07. The molecule has 8 nitrogen and oxygen atoms in total. The smallest absolute Gasteiger partial charge is 0.317 e. The lowest BCUT2D eigenvalue weighted by Gasteiger charge is -2.56. The minimum absolute atomic E-state index is 0.0897. The fourth-order valence-electron chi connectivity index (χ4n) is 6.01. The van der Waals surface area contributed by atoms with Crippen LogP contribution in [0.3, 0.4) is 0 Å². The van der Waals surface area contributed by atoms with Crippen molar-refractivity contribution in [3.63, 3.8) is 0 Å². The van der Waals surface area contributed by atoms with Crippen LogP contribution in [0.2, 0.25) is 0 Å².